The zero-order valence-corrected chi connectivity index (χ0v) is 16.1. The number of benzene rings is 1. The molecule has 0 spiro atoms. The highest BCUT2D eigenvalue weighted by molar-refractivity contribution is 5.79. The highest BCUT2D eigenvalue weighted by Crippen LogP contribution is 2.26. The molecule has 0 radical (unpaired) electrons. The molecule has 0 aliphatic carbocycles. The molecule has 0 aliphatic rings. The molecular formula is C20H28FN3O2. The summed E-state index contributed by atoms with van der Waals surface area (Å²) in [4.78, 5) is 4.47. The standard InChI is InChI=1S/C20H28FN3O2/c1-6-22-19(23-11-16-8-7-13(2)18(21)10-16)24-12-20(5,25)17-9-14(3)26-15(17)4/h7-10,25H,6,11-12H2,1-5H3,(H2,22,23,24). The lowest BCUT2D eigenvalue weighted by molar-refractivity contribution is 0.0601. The molecule has 1 unspecified atom stereocenters. The molecule has 2 aromatic rings. The van der Waals surface area contributed by atoms with E-state index in [-0.39, 0.29) is 12.4 Å². The molecule has 0 saturated heterocycles. The van der Waals surface area contributed by atoms with Crippen molar-refractivity contribution in [3.63, 3.8) is 0 Å². The zero-order valence-electron chi connectivity index (χ0n) is 16.1. The molecule has 3 N–H and O–H groups in total. The summed E-state index contributed by atoms with van der Waals surface area (Å²) in [6.07, 6.45) is 0. The van der Waals surface area contributed by atoms with E-state index in [1.54, 1.807) is 19.9 Å². The van der Waals surface area contributed by atoms with Crippen LogP contribution in [-0.2, 0) is 12.1 Å². The summed E-state index contributed by atoms with van der Waals surface area (Å²) in [6, 6.07) is 6.95. The van der Waals surface area contributed by atoms with Gasteiger partial charge in [-0.3, -0.25) is 0 Å². The van der Waals surface area contributed by atoms with E-state index < -0.39 is 5.60 Å². The summed E-state index contributed by atoms with van der Waals surface area (Å²) in [7, 11) is 0. The number of aliphatic hydroxyl groups is 1. The Morgan fingerprint density at radius 1 is 1.23 bits per heavy atom. The summed E-state index contributed by atoms with van der Waals surface area (Å²) in [6.45, 7) is 10.4. The van der Waals surface area contributed by atoms with Crippen LogP contribution in [0.5, 0.6) is 0 Å². The third kappa shape index (κ3) is 5.08. The van der Waals surface area contributed by atoms with E-state index in [0.29, 0.717) is 30.4 Å². The fourth-order valence-corrected chi connectivity index (χ4v) is 2.76. The minimum Gasteiger partial charge on any atom is -0.466 e. The number of guanidine groups is 1. The van der Waals surface area contributed by atoms with E-state index in [4.69, 9.17) is 4.42 Å². The lowest BCUT2D eigenvalue weighted by Gasteiger charge is -2.24. The lowest BCUT2D eigenvalue weighted by Crippen LogP contribution is -2.44. The number of hydrogen-bond donors (Lipinski definition) is 3. The molecule has 1 aromatic carbocycles. The van der Waals surface area contributed by atoms with Gasteiger partial charge in [0.25, 0.3) is 0 Å². The largest absolute Gasteiger partial charge is 0.466 e. The summed E-state index contributed by atoms with van der Waals surface area (Å²) < 4.78 is 19.2. The molecule has 1 atom stereocenters. The van der Waals surface area contributed by atoms with Crippen LogP contribution in [0.1, 0.15) is 42.1 Å². The molecule has 1 aromatic heterocycles. The van der Waals surface area contributed by atoms with Gasteiger partial charge in [-0.1, -0.05) is 12.1 Å². The average Bonchev–Trinajstić information content (AvgIpc) is 2.92. The molecule has 26 heavy (non-hydrogen) atoms. The number of furan rings is 1. The highest BCUT2D eigenvalue weighted by Gasteiger charge is 2.27. The fourth-order valence-electron chi connectivity index (χ4n) is 2.76. The van der Waals surface area contributed by atoms with Gasteiger partial charge < -0.3 is 20.2 Å². The fraction of sp³-hybridized carbons (Fsp3) is 0.450. The second kappa shape index (κ2) is 8.36. The van der Waals surface area contributed by atoms with E-state index in [1.165, 1.54) is 6.07 Å². The second-order valence-corrected chi connectivity index (χ2v) is 6.73. The molecule has 142 valence electrons. The Morgan fingerprint density at radius 2 is 1.96 bits per heavy atom. The highest BCUT2D eigenvalue weighted by atomic mass is 19.1. The van der Waals surface area contributed by atoms with Crippen LogP contribution in [0.25, 0.3) is 0 Å². The summed E-state index contributed by atoms with van der Waals surface area (Å²) in [5, 5.41) is 17.1. The van der Waals surface area contributed by atoms with Crippen molar-refractivity contribution in [2.24, 2.45) is 4.99 Å². The maximum absolute atomic E-state index is 13.7. The minimum atomic E-state index is -1.10. The molecule has 0 fully saturated rings. The third-order valence-electron chi connectivity index (χ3n) is 4.22. The maximum Gasteiger partial charge on any atom is 0.191 e. The van der Waals surface area contributed by atoms with Crippen molar-refractivity contribution in [1.29, 1.82) is 0 Å². The molecule has 0 saturated carbocycles. The van der Waals surface area contributed by atoms with Crippen molar-refractivity contribution in [3.8, 4) is 0 Å². The van der Waals surface area contributed by atoms with Gasteiger partial charge in [0.2, 0.25) is 0 Å². The number of hydrogen-bond acceptors (Lipinski definition) is 3. The van der Waals surface area contributed by atoms with Crippen LogP contribution >= 0.6 is 0 Å². The van der Waals surface area contributed by atoms with Crippen LogP contribution in [-0.4, -0.2) is 24.2 Å². The first-order valence-electron chi connectivity index (χ1n) is 8.80. The van der Waals surface area contributed by atoms with Crippen LogP contribution in [0.2, 0.25) is 0 Å². The van der Waals surface area contributed by atoms with E-state index in [1.807, 2.05) is 32.9 Å². The Labute approximate surface area is 154 Å². The number of halogens is 1. The predicted octanol–water partition coefficient (Wildman–Crippen LogP) is 3.31. The van der Waals surface area contributed by atoms with Gasteiger partial charge in [0, 0.05) is 12.1 Å². The van der Waals surface area contributed by atoms with E-state index >= 15 is 0 Å². The van der Waals surface area contributed by atoms with Crippen LogP contribution in [0, 0.1) is 26.6 Å². The van der Waals surface area contributed by atoms with Crippen LogP contribution < -0.4 is 10.6 Å². The van der Waals surface area contributed by atoms with Crippen molar-refractivity contribution in [2.75, 3.05) is 13.1 Å². The summed E-state index contributed by atoms with van der Waals surface area (Å²) in [5.41, 5.74) is 1.05. The minimum absolute atomic E-state index is 0.232. The van der Waals surface area contributed by atoms with Crippen LogP contribution in [0.4, 0.5) is 4.39 Å². The van der Waals surface area contributed by atoms with Crippen molar-refractivity contribution >= 4 is 5.96 Å². The Morgan fingerprint density at radius 3 is 2.54 bits per heavy atom. The Hall–Kier alpha value is -2.34. The normalized spacial score (nSPS) is 14.2. The average molecular weight is 361 g/mol. The number of nitrogens with one attached hydrogen (secondary N) is 2. The predicted molar refractivity (Wildman–Crippen MR) is 102 cm³/mol. The molecule has 0 bridgehead atoms. The first kappa shape index (κ1) is 20.0. The molecule has 5 nitrogen and oxygen atoms in total. The van der Waals surface area contributed by atoms with Crippen LogP contribution in [0.15, 0.2) is 33.7 Å². The molecule has 1 heterocycles. The second-order valence-electron chi connectivity index (χ2n) is 6.73. The van der Waals surface area contributed by atoms with E-state index in [0.717, 1.165) is 16.9 Å². The Balaban J connectivity index is 2.07. The van der Waals surface area contributed by atoms with Gasteiger partial charge in [0.05, 0.1) is 13.1 Å². The van der Waals surface area contributed by atoms with Gasteiger partial charge in [-0.15, -0.1) is 0 Å². The van der Waals surface area contributed by atoms with Gasteiger partial charge in [-0.05, 0) is 57.9 Å². The number of nitrogens with zero attached hydrogens (tertiary/aromatic N) is 1. The number of aryl methyl sites for hydroxylation is 3. The first-order chi connectivity index (χ1) is 12.2. The van der Waals surface area contributed by atoms with Crippen molar-refractivity contribution < 1.29 is 13.9 Å². The molecular weight excluding hydrogens is 333 g/mol. The maximum atomic E-state index is 13.7. The number of rotatable bonds is 6. The Bertz CT molecular complexity index is 781. The molecule has 2 rings (SSSR count). The molecule has 0 aliphatic heterocycles. The van der Waals surface area contributed by atoms with Gasteiger partial charge in [0.15, 0.2) is 5.96 Å². The summed E-state index contributed by atoms with van der Waals surface area (Å²) >= 11 is 0. The lowest BCUT2D eigenvalue weighted by atomic mass is 9.96. The molecule has 6 heteroatoms. The quantitative estimate of drug-likeness (QED) is 0.545. The third-order valence-corrected chi connectivity index (χ3v) is 4.22. The monoisotopic (exact) mass is 361 g/mol. The van der Waals surface area contributed by atoms with Gasteiger partial charge in [0.1, 0.15) is 22.9 Å². The number of aliphatic imine (C=N–C) groups is 1. The van der Waals surface area contributed by atoms with Crippen LogP contribution in [0.3, 0.4) is 0 Å². The van der Waals surface area contributed by atoms with Crippen molar-refractivity contribution in [3.05, 3.63) is 58.3 Å². The zero-order chi connectivity index (χ0) is 19.3. The van der Waals surface area contributed by atoms with Gasteiger partial charge in [-0.2, -0.15) is 0 Å². The molecule has 0 amide bonds. The smallest absolute Gasteiger partial charge is 0.191 e. The Kier molecular flexibility index (Phi) is 6.42. The first-order valence-corrected chi connectivity index (χ1v) is 8.80. The van der Waals surface area contributed by atoms with Crippen molar-refractivity contribution in [2.45, 2.75) is 46.8 Å². The topological polar surface area (TPSA) is 69.8 Å². The van der Waals surface area contributed by atoms with Crippen molar-refractivity contribution in [1.82, 2.24) is 10.6 Å². The van der Waals surface area contributed by atoms with E-state index in [9.17, 15) is 9.50 Å². The summed E-state index contributed by atoms with van der Waals surface area (Å²) in [5.74, 6) is 1.79. The van der Waals surface area contributed by atoms with Gasteiger partial charge in [-0.25, -0.2) is 9.38 Å². The van der Waals surface area contributed by atoms with Gasteiger partial charge >= 0.3 is 0 Å². The SMILES string of the molecule is CCNC(=NCc1ccc(C)c(F)c1)NCC(C)(O)c1cc(C)oc1C. The van der Waals surface area contributed by atoms with E-state index in [2.05, 4.69) is 15.6 Å².